The summed E-state index contributed by atoms with van der Waals surface area (Å²) in [7, 11) is 0. The van der Waals surface area contributed by atoms with E-state index in [1.165, 1.54) is 22.5 Å². The molecule has 0 atom stereocenters. The fraction of sp³-hybridized carbons (Fsp3) is 0.143. The highest BCUT2D eigenvalue weighted by Gasteiger charge is 2.14. The van der Waals surface area contributed by atoms with E-state index in [9.17, 15) is 4.79 Å². The molecule has 27 heavy (non-hydrogen) atoms. The molecule has 0 radical (unpaired) electrons. The molecular formula is C21H20N4OS. The minimum absolute atomic E-state index is 0.0565. The largest absolute Gasteiger partial charge is 0.354 e. The third-order valence-corrected chi connectivity index (χ3v) is 5.33. The summed E-state index contributed by atoms with van der Waals surface area (Å²) in [6.07, 6.45) is 4.42. The highest BCUT2D eigenvalue weighted by molar-refractivity contribution is 7.12. The molecule has 3 aromatic heterocycles. The van der Waals surface area contributed by atoms with Crippen molar-refractivity contribution >= 4 is 39.7 Å². The Morgan fingerprint density at radius 2 is 1.96 bits per heavy atom. The number of pyridine rings is 1. The molecule has 0 saturated carbocycles. The number of anilines is 2. The highest BCUT2D eigenvalue weighted by Crippen LogP contribution is 2.29. The zero-order chi connectivity index (χ0) is 18.6. The molecule has 0 aliphatic carbocycles. The summed E-state index contributed by atoms with van der Waals surface area (Å²) in [6.45, 7) is 2.68. The molecule has 0 fully saturated rings. The van der Waals surface area contributed by atoms with Gasteiger partial charge in [0.25, 0.3) is 5.91 Å². The fourth-order valence-electron chi connectivity index (χ4n) is 2.95. The van der Waals surface area contributed by atoms with Gasteiger partial charge in [0, 0.05) is 24.3 Å². The number of aromatic nitrogens is 2. The molecule has 136 valence electrons. The molecule has 0 saturated heterocycles. The van der Waals surface area contributed by atoms with Gasteiger partial charge in [0.2, 0.25) is 0 Å². The smallest absolute Gasteiger partial charge is 0.263 e. The van der Waals surface area contributed by atoms with E-state index in [1.54, 1.807) is 6.20 Å². The second-order valence-corrected chi connectivity index (χ2v) is 7.29. The van der Waals surface area contributed by atoms with E-state index < -0.39 is 0 Å². The molecule has 3 heterocycles. The molecule has 0 aliphatic heterocycles. The van der Waals surface area contributed by atoms with Crippen molar-refractivity contribution in [1.29, 1.82) is 0 Å². The number of H-pyrrole nitrogens is 1. The standard InChI is InChI=1S/C21H20N4OS/c1-14-2-4-15(5-3-14)6-10-24-21(26)19-18(9-13-27-19)25-17-8-12-23-20-16(17)7-11-22-20/h2-5,7-9,11-13H,6,10H2,1H3,(H,24,26)(H2,22,23,25). The van der Waals surface area contributed by atoms with Crippen LogP contribution in [0.1, 0.15) is 20.8 Å². The van der Waals surface area contributed by atoms with E-state index >= 15 is 0 Å². The maximum atomic E-state index is 12.6. The number of carbonyl (C=O) groups excluding carboxylic acids is 1. The lowest BCUT2D eigenvalue weighted by atomic mass is 10.1. The van der Waals surface area contributed by atoms with Gasteiger partial charge in [0.1, 0.15) is 10.5 Å². The summed E-state index contributed by atoms with van der Waals surface area (Å²) in [5, 5.41) is 9.30. The van der Waals surface area contributed by atoms with Gasteiger partial charge in [0.05, 0.1) is 11.4 Å². The Kier molecular flexibility index (Phi) is 4.89. The Hall–Kier alpha value is -3.12. The molecule has 0 spiro atoms. The fourth-order valence-corrected chi connectivity index (χ4v) is 3.72. The predicted molar refractivity (Wildman–Crippen MR) is 111 cm³/mol. The van der Waals surface area contributed by atoms with Gasteiger partial charge < -0.3 is 15.6 Å². The van der Waals surface area contributed by atoms with Crippen LogP contribution >= 0.6 is 11.3 Å². The number of nitrogens with one attached hydrogen (secondary N) is 3. The number of hydrogen-bond donors (Lipinski definition) is 3. The summed E-state index contributed by atoms with van der Waals surface area (Å²) >= 11 is 1.43. The van der Waals surface area contributed by atoms with Gasteiger partial charge >= 0.3 is 0 Å². The number of benzene rings is 1. The average Bonchev–Trinajstić information content (AvgIpc) is 3.33. The summed E-state index contributed by atoms with van der Waals surface area (Å²) in [5.41, 5.74) is 5.01. The second-order valence-electron chi connectivity index (χ2n) is 6.38. The molecule has 1 aromatic carbocycles. The Balaban J connectivity index is 1.42. The van der Waals surface area contributed by atoms with Crippen LogP contribution in [0.25, 0.3) is 11.0 Å². The third kappa shape index (κ3) is 3.85. The van der Waals surface area contributed by atoms with Crippen molar-refractivity contribution in [3.05, 3.63) is 76.2 Å². The van der Waals surface area contributed by atoms with Crippen molar-refractivity contribution in [2.24, 2.45) is 0 Å². The topological polar surface area (TPSA) is 69.8 Å². The van der Waals surface area contributed by atoms with E-state index in [4.69, 9.17) is 0 Å². The Morgan fingerprint density at radius 1 is 1.11 bits per heavy atom. The molecule has 4 rings (SSSR count). The van der Waals surface area contributed by atoms with Gasteiger partial charge in [-0.15, -0.1) is 11.3 Å². The maximum absolute atomic E-state index is 12.6. The van der Waals surface area contributed by atoms with Crippen LogP contribution in [0.3, 0.4) is 0 Å². The van der Waals surface area contributed by atoms with Crippen LogP contribution in [0.15, 0.2) is 60.2 Å². The lowest BCUT2D eigenvalue weighted by molar-refractivity contribution is 0.0959. The third-order valence-electron chi connectivity index (χ3n) is 4.42. The first kappa shape index (κ1) is 17.3. The first-order valence-electron chi connectivity index (χ1n) is 8.81. The van der Waals surface area contributed by atoms with E-state index in [2.05, 4.69) is 51.8 Å². The molecular weight excluding hydrogens is 356 g/mol. The molecule has 5 nitrogen and oxygen atoms in total. The predicted octanol–water partition coefficient (Wildman–Crippen LogP) is 4.65. The molecule has 1 amide bonds. The Morgan fingerprint density at radius 3 is 2.81 bits per heavy atom. The molecule has 0 unspecified atom stereocenters. The summed E-state index contributed by atoms with van der Waals surface area (Å²) < 4.78 is 0. The number of thiophene rings is 1. The Labute approximate surface area is 161 Å². The number of fused-ring (bicyclic) bond motifs is 1. The molecule has 3 N–H and O–H groups in total. The summed E-state index contributed by atoms with van der Waals surface area (Å²) in [4.78, 5) is 20.7. The number of aromatic amines is 1. The number of amides is 1. The molecule has 6 heteroatoms. The van der Waals surface area contributed by atoms with Crippen LogP contribution in [0, 0.1) is 6.92 Å². The van der Waals surface area contributed by atoms with E-state index in [0.717, 1.165) is 28.8 Å². The van der Waals surface area contributed by atoms with Crippen molar-refractivity contribution in [3.8, 4) is 0 Å². The number of carbonyl (C=O) groups is 1. The minimum atomic E-state index is -0.0565. The lowest BCUT2D eigenvalue weighted by Gasteiger charge is -2.09. The van der Waals surface area contributed by atoms with Crippen molar-refractivity contribution in [3.63, 3.8) is 0 Å². The average molecular weight is 376 g/mol. The minimum Gasteiger partial charge on any atom is -0.354 e. The van der Waals surface area contributed by atoms with Gasteiger partial charge in [-0.2, -0.15) is 0 Å². The monoisotopic (exact) mass is 376 g/mol. The zero-order valence-electron chi connectivity index (χ0n) is 15.0. The summed E-state index contributed by atoms with van der Waals surface area (Å²) in [6, 6.07) is 14.2. The number of aryl methyl sites for hydroxylation is 1. The van der Waals surface area contributed by atoms with Crippen LogP contribution in [0.4, 0.5) is 11.4 Å². The van der Waals surface area contributed by atoms with Gasteiger partial charge in [0.15, 0.2) is 0 Å². The first-order chi connectivity index (χ1) is 13.2. The van der Waals surface area contributed by atoms with Gasteiger partial charge in [-0.25, -0.2) is 4.98 Å². The number of nitrogens with zero attached hydrogens (tertiary/aromatic N) is 1. The summed E-state index contributed by atoms with van der Waals surface area (Å²) in [5.74, 6) is -0.0565. The second kappa shape index (κ2) is 7.63. The van der Waals surface area contributed by atoms with Crippen LogP contribution in [0.2, 0.25) is 0 Å². The Bertz CT molecular complexity index is 1070. The normalized spacial score (nSPS) is 10.9. The van der Waals surface area contributed by atoms with Crippen molar-refractivity contribution in [2.45, 2.75) is 13.3 Å². The van der Waals surface area contributed by atoms with Crippen LogP contribution in [-0.4, -0.2) is 22.4 Å². The van der Waals surface area contributed by atoms with Crippen LogP contribution < -0.4 is 10.6 Å². The molecule has 0 aliphatic rings. The van der Waals surface area contributed by atoms with Gasteiger partial charge in [-0.1, -0.05) is 29.8 Å². The lowest BCUT2D eigenvalue weighted by Crippen LogP contribution is -2.25. The molecule has 0 bridgehead atoms. The molecule has 4 aromatic rings. The van der Waals surface area contributed by atoms with Gasteiger partial charge in [-0.05, 0) is 42.5 Å². The van der Waals surface area contributed by atoms with E-state index in [0.29, 0.717) is 11.4 Å². The first-order valence-corrected chi connectivity index (χ1v) is 9.69. The van der Waals surface area contributed by atoms with E-state index in [-0.39, 0.29) is 5.91 Å². The van der Waals surface area contributed by atoms with Crippen molar-refractivity contribution in [2.75, 3.05) is 11.9 Å². The number of hydrogen-bond acceptors (Lipinski definition) is 4. The highest BCUT2D eigenvalue weighted by atomic mass is 32.1. The van der Waals surface area contributed by atoms with Crippen molar-refractivity contribution < 1.29 is 4.79 Å². The maximum Gasteiger partial charge on any atom is 0.263 e. The van der Waals surface area contributed by atoms with Crippen molar-refractivity contribution in [1.82, 2.24) is 15.3 Å². The van der Waals surface area contributed by atoms with Crippen LogP contribution in [0.5, 0.6) is 0 Å². The number of rotatable bonds is 6. The van der Waals surface area contributed by atoms with Crippen LogP contribution in [-0.2, 0) is 6.42 Å². The SMILES string of the molecule is Cc1ccc(CCNC(=O)c2sccc2Nc2ccnc3[nH]ccc23)cc1. The quantitative estimate of drug-likeness (QED) is 0.459. The van der Waals surface area contributed by atoms with E-state index in [1.807, 2.05) is 29.8 Å². The zero-order valence-corrected chi connectivity index (χ0v) is 15.8. The van der Waals surface area contributed by atoms with Gasteiger partial charge in [-0.3, -0.25) is 4.79 Å².